The molecular formula is C7H16O2S. The third-order valence-corrected chi connectivity index (χ3v) is 3.85. The number of hydrogen-bond acceptors (Lipinski definition) is 2. The SMILES string of the molecule is CC(C)CS(=O)(=O)C(C)C. The normalized spacial score (nSPS) is 13.0. The van der Waals surface area contributed by atoms with Crippen molar-refractivity contribution in [2.75, 3.05) is 5.75 Å². The molecule has 0 fully saturated rings. The van der Waals surface area contributed by atoms with E-state index in [0.717, 1.165) is 0 Å². The van der Waals surface area contributed by atoms with Gasteiger partial charge in [0, 0.05) is 0 Å². The lowest BCUT2D eigenvalue weighted by Crippen LogP contribution is -2.20. The summed E-state index contributed by atoms with van der Waals surface area (Å²) in [6.07, 6.45) is 0. The molecule has 0 N–H and O–H groups in total. The summed E-state index contributed by atoms with van der Waals surface area (Å²) in [5.74, 6) is 0.553. The first-order valence-corrected chi connectivity index (χ1v) is 5.29. The van der Waals surface area contributed by atoms with Crippen molar-refractivity contribution in [3.05, 3.63) is 0 Å². The van der Waals surface area contributed by atoms with E-state index >= 15 is 0 Å². The van der Waals surface area contributed by atoms with E-state index in [1.807, 2.05) is 13.8 Å². The molecule has 0 bridgehead atoms. The third-order valence-electron chi connectivity index (χ3n) is 1.28. The van der Waals surface area contributed by atoms with Crippen LogP contribution >= 0.6 is 0 Å². The zero-order valence-electron chi connectivity index (χ0n) is 7.09. The van der Waals surface area contributed by atoms with Gasteiger partial charge in [0.15, 0.2) is 9.84 Å². The number of hydrogen-bond donors (Lipinski definition) is 0. The maximum absolute atomic E-state index is 11.1. The van der Waals surface area contributed by atoms with Gasteiger partial charge in [-0.15, -0.1) is 0 Å². The maximum Gasteiger partial charge on any atom is 0.152 e. The second-order valence-electron chi connectivity index (χ2n) is 3.27. The number of sulfone groups is 1. The molecule has 0 aromatic rings. The molecule has 0 spiro atoms. The van der Waals surface area contributed by atoms with E-state index in [-0.39, 0.29) is 11.2 Å². The predicted molar refractivity (Wildman–Crippen MR) is 43.8 cm³/mol. The van der Waals surface area contributed by atoms with Gasteiger partial charge in [0.05, 0.1) is 11.0 Å². The molecule has 0 aromatic heterocycles. The van der Waals surface area contributed by atoms with Crippen LogP contribution in [0.2, 0.25) is 0 Å². The van der Waals surface area contributed by atoms with Crippen LogP contribution in [0.3, 0.4) is 0 Å². The highest BCUT2D eigenvalue weighted by atomic mass is 32.2. The van der Waals surface area contributed by atoms with Crippen LogP contribution < -0.4 is 0 Å². The van der Waals surface area contributed by atoms with E-state index in [2.05, 4.69) is 0 Å². The molecule has 0 unspecified atom stereocenters. The second kappa shape index (κ2) is 3.37. The fourth-order valence-corrected chi connectivity index (χ4v) is 1.97. The minimum atomic E-state index is -2.80. The van der Waals surface area contributed by atoms with Gasteiger partial charge in [-0.3, -0.25) is 0 Å². The lowest BCUT2D eigenvalue weighted by Gasteiger charge is -2.08. The first-order chi connectivity index (χ1) is 4.36. The van der Waals surface area contributed by atoms with Crippen molar-refractivity contribution in [2.45, 2.75) is 32.9 Å². The summed E-state index contributed by atoms with van der Waals surface area (Å²) in [6, 6.07) is 0. The van der Waals surface area contributed by atoms with Crippen LogP contribution in [-0.2, 0) is 9.84 Å². The Morgan fingerprint density at radius 3 is 1.60 bits per heavy atom. The average molecular weight is 164 g/mol. The summed E-state index contributed by atoms with van der Waals surface area (Å²) in [5, 5.41) is -0.227. The summed E-state index contributed by atoms with van der Waals surface area (Å²) >= 11 is 0. The first-order valence-electron chi connectivity index (χ1n) is 3.58. The van der Waals surface area contributed by atoms with Crippen molar-refractivity contribution in [1.82, 2.24) is 0 Å². The standard InChI is InChI=1S/C7H16O2S/c1-6(2)5-10(8,9)7(3)4/h6-7H,5H2,1-4H3. The molecule has 0 aromatic carbocycles. The summed E-state index contributed by atoms with van der Waals surface area (Å²) in [7, 11) is -2.80. The molecule has 0 atom stereocenters. The molecule has 3 heteroatoms. The van der Waals surface area contributed by atoms with Crippen LogP contribution in [0.15, 0.2) is 0 Å². The Hall–Kier alpha value is -0.0500. The van der Waals surface area contributed by atoms with Gasteiger partial charge in [0.1, 0.15) is 0 Å². The van der Waals surface area contributed by atoms with E-state index < -0.39 is 9.84 Å². The van der Waals surface area contributed by atoms with E-state index in [0.29, 0.717) is 5.75 Å². The summed E-state index contributed by atoms with van der Waals surface area (Å²) in [4.78, 5) is 0. The highest BCUT2D eigenvalue weighted by Gasteiger charge is 2.16. The van der Waals surface area contributed by atoms with Crippen molar-refractivity contribution >= 4 is 9.84 Å². The van der Waals surface area contributed by atoms with Crippen LogP contribution in [0.4, 0.5) is 0 Å². The fourth-order valence-electron chi connectivity index (χ4n) is 0.657. The van der Waals surface area contributed by atoms with Crippen LogP contribution in [0.25, 0.3) is 0 Å². The highest BCUT2D eigenvalue weighted by molar-refractivity contribution is 7.91. The predicted octanol–water partition coefficient (Wildman–Crippen LogP) is 1.47. The molecule has 2 nitrogen and oxygen atoms in total. The summed E-state index contributed by atoms with van der Waals surface area (Å²) < 4.78 is 22.3. The monoisotopic (exact) mass is 164 g/mol. The van der Waals surface area contributed by atoms with Gasteiger partial charge < -0.3 is 0 Å². The smallest absolute Gasteiger partial charge is 0.152 e. The van der Waals surface area contributed by atoms with Gasteiger partial charge in [-0.1, -0.05) is 13.8 Å². The van der Waals surface area contributed by atoms with Gasteiger partial charge in [0.25, 0.3) is 0 Å². The summed E-state index contributed by atoms with van der Waals surface area (Å²) in [6.45, 7) is 7.27. The molecule has 0 aliphatic heterocycles. The van der Waals surface area contributed by atoms with Crippen molar-refractivity contribution in [3.63, 3.8) is 0 Å². The Labute approximate surface area is 63.6 Å². The van der Waals surface area contributed by atoms with Crippen molar-refractivity contribution in [1.29, 1.82) is 0 Å². The molecule has 0 saturated carbocycles. The molecule has 10 heavy (non-hydrogen) atoms. The van der Waals surface area contributed by atoms with Crippen LogP contribution in [0.5, 0.6) is 0 Å². The first kappa shape index (κ1) is 9.95. The van der Waals surface area contributed by atoms with Crippen LogP contribution in [-0.4, -0.2) is 19.4 Å². The molecule has 0 aliphatic rings. The van der Waals surface area contributed by atoms with E-state index in [1.54, 1.807) is 13.8 Å². The zero-order chi connectivity index (χ0) is 8.36. The number of rotatable bonds is 3. The van der Waals surface area contributed by atoms with Crippen molar-refractivity contribution < 1.29 is 8.42 Å². The largest absolute Gasteiger partial charge is 0.229 e. The minimum absolute atomic E-state index is 0.227. The average Bonchev–Trinajstić information content (AvgIpc) is 1.60. The topological polar surface area (TPSA) is 34.1 Å². The maximum atomic E-state index is 11.1. The van der Waals surface area contributed by atoms with Crippen molar-refractivity contribution in [3.8, 4) is 0 Å². The minimum Gasteiger partial charge on any atom is -0.229 e. The van der Waals surface area contributed by atoms with Crippen LogP contribution in [0, 0.1) is 5.92 Å². The Morgan fingerprint density at radius 1 is 1.10 bits per heavy atom. The van der Waals surface area contributed by atoms with Gasteiger partial charge in [0.2, 0.25) is 0 Å². The second-order valence-corrected chi connectivity index (χ2v) is 5.87. The Bertz CT molecular complexity index is 178. The Balaban J connectivity index is 4.16. The van der Waals surface area contributed by atoms with Gasteiger partial charge in [-0.25, -0.2) is 8.42 Å². The molecule has 0 heterocycles. The van der Waals surface area contributed by atoms with E-state index in [9.17, 15) is 8.42 Å². The summed E-state index contributed by atoms with van der Waals surface area (Å²) in [5.41, 5.74) is 0. The van der Waals surface area contributed by atoms with Gasteiger partial charge in [-0.05, 0) is 19.8 Å². The van der Waals surface area contributed by atoms with Gasteiger partial charge in [-0.2, -0.15) is 0 Å². The molecule has 0 rings (SSSR count). The molecular weight excluding hydrogens is 148 g/mol. The zero-order valence-corrected chi connectivity index (χ0v) is 7.90. The fraction of sp³-hybridized carbons (Fsp3) is 1.00. The third kappa shape index (κ3) is 3.20. The molecule has 0 amide bonds. The Morgan fingerprint density at radius 2 is 1.50 bits per heavy atom. The molecule has 0 saturated heterocycles. The highest BCUT2D eigenvalue weighted by Crippen LogP contribution is 2.05. The van der Waals surface area contributed by atoms with Crippen LogP contribution in [0.1, 0.15) is 27.7 Å². The van der Waals surface area contributed by atoms with Gasteiger partial charge >= 0.3 is 0 Å². The lowest BCUT2D eigenvalue weighted by atomic mass is 10.3. The molecule has 62 valence electrons. The van der Waals surface area contributed by atoms with E-state index in [4.69, 9.17) is 0 Å². The Kier molecular flexibility index (Phi) is 3.36. The lowest BCUT2D eigenvalue weighted by molar-refractivity contribution is 0.574. The van der Waals surface area contributed by atoms with E-state index in [1.165, 1.54) is 0 Å². The molecule has 0 aliphatic carbocycles. The molecule has 0 radical (unpaired) electrons. The quantitative estimate of drug-likeness (QED) is 0.633. The van der Waals surface area contributed by atoms with Crippen molar-refractivity contribution in [2.24, 2.45) is 5.92 Å².